The van der Waals surface area contributed by atoms with E-state index in [-0.39, 0.29) is 36.3 Å². The minimum atomic E-state index is -0.979. The van der Waals surface area contributed by atoms with Crippen molar-refractivity contribution in [1.29, 1.82) is 0 Å². The normalized spacial score (nSPS) is 30.1. The van der Waals surface area contributed by atoms with Crippen LogP contribution in [0, 0.1) is 11.8 Å². The van der Waals surface area contributed by atoms with Gasteiger partial charge in [-0.05, 0) is 58.8 Å². The van der Waals surface area contributed by atoms with Gasteiger partial charge in [-0.1, -0.05) is 39.5 Å². The first-order valence-electron chi connectivity index (χ1n) is 13.3. The summed E-state index contributed by atoms with van der Waals surface area (Å²) < 4.78 is 11.4. The first kappa shape index (κ1) is 29.4. The highest BCUT2D eigenvalue weighted by Gasteiger charge is 2.46. The average Bonchev–Trinajstić information content (AvgIpc) is 3.21. The van der Waals surface area contributed by atoms with E-state index in [1.54, 1.807) is 32.6 Å². The Morgan fingerprint density at radius 2 is 1.83 bits per heavy atom. The Bertz CT molecular complexity index is 708. The van der Waals surface area contributed by atoms with Gasteiger partial charge in [0.2, 0.25) is 11.8 Å². The van der Waals surface area contributed by atoms with Crippen molar-refractivity contribution in [3.05, 3.63) is 0 Å². The standard InChI is InChI=1S/C26H47N3O6/c1-17(2)20-13-14-29-22(20)23(31)27-19(16-30)12-10-8-7-9-11-15-34-18(3)21(24(29)32)28-25(33)35-26(4,5)6/h17-22,30H,7-16H2,1-6H3,(H,27,31)(H,28,33)/t18-,19-,20+,21-,22-/m0/s1. The molecule has 2 aliphatic rings. The lowest BCUT2D eigenvalue weighted by atomic mass is 9.88. The third-order valence-electron chi connectivity index (χ3n) is 6.90. The van der Waals surface area contributed by atoms with E-state index in [9.17, 15) is 19.5 Å². The van der Waals surface area contributed by atoms with Crippen LogP contribution in [0.2, 0.25) is 0 Å². The Morgan fingerprint density at radius 1 is 1.17 bits per heavy atom. The van der Waals surface area contributed by atoms with Crippen LogP contribution in [0.1, 0.15) is 86.5 Å². The predicted molar refractivity (Wildman–Crippen MR) is 134 cm³/mol. The van der Waals surface area contributed by atoms with E-state index in [1.165, 1.54) is 0 Å². The maximum absolute atomic E-state index is 13.8. The van der Waals surface area contributed by atoms with Gasteiger partial charge >= 0.3 is 6.09 Å². The van der Waals surface area contributed by atoms with Crippen molar-refractivity contribution in [2.75, 3.05) is 19.8 Å². The maximum atomic E-state index is 13.8. The minimum Gasteiger partial charge on any atom is -0.444 e. The van der Waals surface area contributed by atoms with Crippen LogP contribution in [0.25, 0.3) is 0 Å². The van der Waals surface area contributed by atoms with Gasteiger partial charge in [-0.15, -0.1) is 0 Å². The number of alkyl carbamates (subject to hydrolysis) is 1. The molecule has 0 aromatic rings. The average molecular weight is 498 g/mol. The van der Waals surface area contributed by atoms with Crippen molar-refractivity contribution in [2.24, 2.45) is 11.8 Å². The second-order valence-electron chi connectivity index (χ2n) is 11.3. The SMILES string of the molecule is CC(C)[C@H]1CCN2C(=O)[C@@H](NC(=O)OC(C)(C)C)[C@H](C)OCCCCCCC[C@@H](CO)NC(=O)[C@H]12. The number of aliphatic hydroxyl groups excluding tert-OH is 1. The Labute approximate surface area is 210 Å². The molecule has 5 atom stereocenters. The molecular weight excluding hydrogens is 450 g/mol. The Kier molecular flexibility index (Phi) is 11.3. The first-order valence-corrected chi connectivity index (χ1v) is 13.3. The number of amides is 3. The number of nitrogens with one attached hydrogen (secondary N) is 2. The van der Waals surface area contributed by atoms with E-state index in [0.717, 1.165) is 32.1 Å². The van der Waals surface area contributed by atoms with Crippen LogP contribution in [-0.4, -0.2) is 77.5 Å². The molecule has 2 heterocycles. The molecule has 0 aromatic heterocycles. The van der Waals surface area contributed by atoms with Crippen molar-refractivity contribution >= 4 is 17.9 Å². The molecule has 0 bridgehead atoms. The Morgan fingerprint density at radius 3 is 2.46 bits per heavy atom. The number of fused-ring (bicyclic) bond motifs is 1. The fourth-order valence-electron chi connectivity index (χ4n) is 4.97. The molecule has 0 unspecified atom stereocenters. The van der Waals surface area contributed by atoms with Crippen LogP contribution in [-0.2, 0) is 19.1 Å². The molecular formula is C26H47N3O6. The molecule has 3 N–H and O–H groups in total. The summed E-state index contributed by atoms with van der Waals surface area (Å²) in [6.07, 6.45) is 4.94. The molecule has 0 saturated carbocycles. The summed E-state index contributed by atoms with van der Waals surface area (Å²) in [5.74, 6) is -0.423. The number of hydrogen-bond donors (Lipinski definition) is 3. The fraction of sp³-hybridized carbons (Fsp3) is 0.885. The fourth-order valence-corrected chi connectivity index (χ4v) is 4.97. The number of aliphatic hydroxyl groups is 1. The molecule has 2 aliphatic heterocycles. The van der Waals surface area contributed by atoms with Crippen molar-refractivity contribution in [1.82, 2.24) is 15.5 Å². The quantitative estimate of drug-likeness (QED) is 0.552. The van der Waals surface area contributed by atoms with Crippen molar-refractivity contribution in [3.63, 3.8) is 0 Å². The summed E-state index contributed by atoms with van der Waals surface area (Å²) in [5, 5.41) is 15.6. The third-order valence-corrected chi connectivity index (χ3v) is 6.90. The van der Waals surface area contributed by atoms with Gasteiger partial charge in [0.1, 0.15) is 17.7 Å². The molecule has 9 heteroatoms. The highest BCUT2D eigenvalue weighted by molar-refractivity contribution is 5.92. The van der Waals surface area contributed by atoms with E-state index in [1.807, 2.05) is 0 Å². The Balaban J connectivity index is 2.34. The molecule has 3 amide bonds. The molecule has 0 aromatic carbocycles. The van der Waals surface area contributed by atoms with Crippen molar-refractivity contribution in [2.45, 2.75) is 116 Å². The van der Waals surface area contributed by atoms with Gasteiger partial charge in [-0.3, -0.25) is 9.59 Å². The first-order chi connectivity index (χ1) is 16.4. The van der Waals surface area contributed by atoms with Gasteiger partial charge in [0.25, 0.3) is 0 Å². The molecule has 0 aliphatic carbocycles. The van der Waals surface area contributed by atoms with E-state index in [2.05, 4.69) is 24.5 Å². The van der Waals surface area contributed by atoms with Gasteiger partial charge in [0.05, 0.1) is 18.8 Å². The van der Waals surface area contributed by atoms with Crippen LogP contribution in [0.4, 0.5) is 4.79 Å². The van der Waals surface area contributed by atoms with Gasteiger partial charge in [0, 0.05) is 13.2 Å². The zero-order valence-electron chi connectivity index (χ0n) is 22.5. The molecule has 35 heavy (non-hydrogen) atoms. The van der Waals surface area contributed by atoms with E-state index in [4.69, 9.17) is 9.47 Å². The minimum absolute atomic E-state index is 0.0180. The molecule has 0 spiro atoms. The number of rotatable bonds is 3. The second kappa shape index (κ2) is 13.4. The van der Waals surface area contributed by atoms with E-state index < -0.39 is 29.9 Å². The summed E-state index contributed by atoms with van der Waals surface area (Å²) in [5.41, 5.74) is -0.715. The molecule has 9 nitrogen and oxygen atoms in total. The summed E-state index contributed by atoms with van der Waals surface area (Å²) in [6.45, 7) is 11.9. The van der Waals surface area contributed by atoms with Crippen LogP contribution in [0.15, 0.2) is 0 Å². The number of carbonyl (C=O) groups excluding carboxylic acids is 3. The topological polar surface area (TPSA) is 117 Å². The zero-order valence-corrected chi connectivity index (χ0v) is 22.5. The number of carbonyl (C=O) groups is 3. The van der Waals surface area contributed by atoms with Gasteiger partial charge in [-0.25, -0.2) is 4.79 Å². The summed E-state index contributed by atoms with van der Waals surface area (Å²) in [6, 6.07) is -1.98. The van der Waals surface area contributed by atoms with Crippen molar-refractivity contribution < 1.29 is 29.0 Å². The van der Waals surface area contributed by atoms with Gasteiger partial charge in [-0.2, -0.15) is 0 Å². The van der Waals surface area contributed by atoms with Crippen molar-refractivity contribution in [3.8, 4) is 0 Å². The van der Waals surface area contributed by atoms with Crippen LogP contribution in [0.5, 0.6) is 0 Å². The Hall–Kier alpha value is -1.87. The monoisotopic (exact) mass is 497 g/mol. The number of nitrogens with zero attached hydrogens (tertiary/aromatic N) is 1. The lowest BCUT2D eigenvalue weighted by molar-refractivity contribution is -0.144. The van der Waals surface area contributed by atoms with Gasteiger partial charge in [0.15, 0.2) is 0 Å². The summed E-state index contributed by atoms with van der Waals surface area (Å²) in [7, 11) is 0. The second-order valence-corrected chi connectivity index (χ2v) is 11.3. The molecule has 202 valence electrons. The molecule has 2 fully saturated rings. The van der Waals surface area contributed by atoms with Crippen LogP contribution < -0.4 is 10.6 Å². The highest BCUT2D eigenvalue weighted by atomic mass is 16.6. The highest BCUT2D eigenvalue weighted by Crippen LogP contribution is 2.32. The largest absolute Gasteiger partial charge is 0.444 e. The van der Waals surface area contributed by atoms with Gasteiger partial charge < -0.3 is 30.1 Å². The smallest absolute Gasteiger partial charge is 0.408 e. The lowest BCUT2D eigenvalue weighted by Crippen LogP contribution is -2.59. The number of ether oxygens (including phenoxy) is 2. The van der Waals surface area contributed by atoms with E-state index >= 15 is 0 Å². The molecule has 2 saturated heterocycles. The maximum Gasteiger partial charge on any atom is 0.408 e. The lowest BCUT2D eigenvalue weighted by Gasteiger charge is -2.34. The summed E-state index contributed by atoms with van der Waals surface area (Å²) in [4.78, 5) is 41.5. The molecule has 0 radical (unpaired) electrons. The van der Waals surface area contributed by atoms with Crippen LogP contribution >= 0.6 is 0 Å². The summed E-state index contributed by atoms with van der Waals surface area (Å²) >= 11 is 0. The van der Waals surface area contributed by atoms with Crippen LogP contribution in [0.3, 0.4) is 0 Å². The predicted octanol–water partition coefficient (Wildman–Crippen LogP) is 2.99. The van der Waals surface area contributed by atoms with E-state index in [0.29, 0.717) is 26.0 Å². The third kappa shape index (κ3) is 8.94. The molecule has 2 rings (SSSR count). The number of hydrogen-bond acceptors (Lipinski definition) is 6. The zero-order chi connectivity index (χ0) is 26.2.